The Morgan fingerprint density at radius 3 is 2.50 bits per heavy atom. The van der Waals surface area contributed by atoms with Crippen molar-refractivity contribution in [3.63, 3.8) is 0 Å². The van der Waals surface area contributed by atoms with Gasteiger partial charge in [0.15, 0.2) is 9.84 Å². The Bertz CT molecular complexity index is 422. The van der Waals surface area contributed by atoms with Crippen molar-refractivity contribution in [1.29, 1.82) is 0 Å². The highest BCUT2D eigenvalue weighted by molar-refractivity contribution is 7.91. The highest BCUT2D eigenvalue weighted by Crippen LogP contribution is 2.28. The summed E-state index contributed by atoms with van der Waals surface area (Å²) < 4.78 is 60.7. The molecule has 0 saturated carbocycles. The second-order valence-electron chi connectivity index (χ2n) is 4.45. The van der Waals surface area contributed by atoms with Crippen molar-refractivity contribution < 1.29 is 21.6 Å². The topological polar surface area (TPSA) is 63.4 Å². The summed E-state index contributed by atoms with van der Waals surface area (Å²) in [5, 5.41) is 0. The number of alkyl halides is 3. The number of thiocarbonyl (C=S) groups is 1. The molecule has 2 unspecified atom stereocenters. The van der Waals surface area contributed by atoms with Gasteiger partial charge in [0.05, 0.1) is 16.5 Å². The normalized spacial score (nSPS) is 26.8. The third-order valence-electron chi connectivity index (χ3n) is 2.96. The van der Waals surface area contributed by atoms with Crippen LogP contribution in [0.25, 0.3) is 0 Å². The number of sulfone groups is 1. The highest BCUT2D eigenvalue weighted by atomic mass is 32.2. The van der Waals surface area contributed by atoms with Crippen LogP contribution in [-0.4, -0.2) is 55.1 Å². The Hall–Kier alpha value is -0.410. The number of rotatable bonds is 3. The van der Waals surface area contributed by atoms with E-state index < -0.39 is 33.0 Å². The van der Waals surface area contributed by atoms with E-state index in [0.29, 0.717) is 0 Å². The van der Waals surface area contributed by atoms with Crippen molar-refractivity contribution in [1.82, 2.24) is 4.90 Å². The van der Waals surface area contributed by atoms with Gasteiger partial charge in [0.2, 0.25) is 0 Å². The van der Waals surface area contributed by atoms with Crippen LogP contribution in [0.2, 0.25) is 0 Å². The van der Waals surface area contributed by atoms with Crippen molar-refractivity contribution in [2.45, 2.75) is 19.1 Å². The van der Waals surface area contributed by atoms with Gasteiger partial charge >= 0.3 is 6.18 Å². The molecule has 0 bridgehead atoms. The molecule has 4 nitrogen and oxygen atoms in total. The second-order valence-corrected chi connectivity index (χ2v) is 7.16. The lowest BCUT2D eigenvalue weighted by Gasteiger charge is -2.35. The minimum Gasteiger partial charge on any atom is -0.393 e. The molecule has 0 radical (unpaired) electrons. The van der Waals surface area contributed by atoms with Crippen molar-refractivity contribution in [2.75, 3.05) is 24.6 Å². The summed E-state index contributed by atoms with van der Waals surface area (Å²) in [5.41, 5.74) is 5.11. The molecular weight excluding hydrogens is 289 g/mol. The number of halogens is 3. The van der Waals surface area contributed by atoms with Gasteiger partial charge in [0.25, 0.3) is 0 Å². The zero-order valence-corrected chi connectivity index (χ0v) is 11.4. The quantitative estimate of drug-likeness (QED) is 0.772. The van der Waals surface area contributed by atoms with Crippen LogP contribution < -0.4 is 5.73 Å². The first-order valence-corrected chi connectivity index (χ1v) is 7.56. The summed E-state index contributed by atoms with van der Waals surface area (Å²) in [4.78, 5) is 0.862. The molecule has 106 valence electrons. The largest absolute Gasteiger partial charge is 0.399 e. The summed E-state index contributed by atoms with van der Waals surface area (Å²) in [6, 6.07) is -0.456. The van der Waals surface area contributed by atoms with E-state index in [4.69, 9.17) is 5.73 Å². The summed E-state index contributed by atoms with van der Waals surface area (Å²) in [6.07, 6.45) is -4.50. The minimum absolute atomic E-state index is 0.0820. The van der Waals surface area contributed by atoms with Gasteiger partial charge in [-0.05, 0) is 6.92 Å². The van der Waals surface area contributed by atoms with E-state index in [9.17, 15) is 21.6 Å². The van der Waals surface area contributed by atoms with Gasteiger partial charge < -0.3 is 5.73 Å². The molecule has 0 aromatic heterocycles. The van der Waals surface area contributed by atoms with E-state index in [-0.39, 0.29) is 24.6 Å². The van der Waals surface area contributed by atoms with E-state index in [1.807, 2.05) is 0 Å². The predicted octanol–water partition coefficient (Wildman–Crippen LogP) is 0.570. The molecule has 0 aromatic carbocycles. The van der Waals surface area contributed by atoms with Gasteiger partial charge in [-0.3, -0.25) is 4.90 Å². The van der Waals surface area contributed by atoms with Crippen LogP contribution in [0.4, 0.5) is 13.2 Å². The van der Waals surface area contributed by atoms with Crippen molar-refractivity contribution in [3.05, 3.63) is 0 Å². The molecule has 0 amide bonds. The zero-order valence-electron chi connectivity index (χ0n) is 9.77. The second kappa shape index (κ2) is 5.30. The molecule has 0 spiro atoms. The van der Waals surface area contributed by atoms with Crippen LogP contribution in [0.5, 0.6) is 0 Å². The first-order chi connectivity index (χ1) is 8.03. The first kappa shape index (κ1) is 15.6. The molecule has 1 aliphatic rings. The lowest BCUT2D eigenvalue weighted by atomic mass is 10.1. The maximum atomic E-state index is 12.7. The molecule has 0 aliphatic carbocycles. The average molecular weight is 304 g/mol. The van der Waals surface area contributed by atoms with Gasteiger partial charge in [0, 0.05) is 19.1 Å². The number of nitrogens with zero attached hydrogens (tertiary/aromatic N) is 1. The van der Waals surface area contributed by atoms with Crippen molar-refractivity contribution in [3.8, 4) is 0 Å². The number of hydrogen-bond donors (Lipinski definition) is 1. The van der Waals surface area contributed by atoms with E-state index in [1.165, 1.54) is 4.90 Å². The van der Waals surface area contributed by atoms with E-state index in [1.54, 1.807) is 6.92 Å². The maximum Gasteiger partial charge on any atom is 0.399 e. The van der Waals surface area contributed by atoms with Gasteiger partial charge in [-0.25, -0.2) is 8.42 Å². The molecular formula is C9H15F3N2O2S2. The third kappa shape index (κ3) is 4.06. The fourth-order valence-electron chi connectivity index (χ4n) is 1.89. The Morgan fingerprint density at radius 2 is 2.11 bits per heavy atom. The average Bonchev–Trinajstić information content (AvgIpc) is 2.12. The standard InChI is InChI=1S/C9H15F3N2O2S2/c1-6-5-18(15,16)3-2-14(6)4-7(8(13)17)9(10,11)12/h6-7H,2-5H2,1H3,(H2,13,17). The van der Waals surface area contributed by atoms with Crippen LogP contribution in [0, 0.1) is 5.92 Å². The Balaban J connectivity index is 2.75. The Labute approximate surface area is 109 Å². The van der Waals surface area contributed by atoms with Gasteiger partial charge in [-0.1, -0.05) is 12.2 Å². The fourth-order valence-corrected chi connectivity index (χ4v) is 3.73. The molecule has 1 aliphatic heterocycles. The van der Waals surface area contributed by atoms with E-state index in [2.05, 4.69) is 12.2 Å². The summed E-state index contributed by atoms with van der Waals surface area (Å²) >= 11 is 4.43. The van der Waals surface area contributed by atoms with Gasteiger partial charge in [0.1, 0.15) is 5.92 Å². The Morgan fingerprint density at radius 1 is 1.56 bits per heavy atom. The van der Waals surface area contributed by atoms with Gasteiger partial charge in [-0.2, -0.15) is 13.2 Å². The number of nitrogens with two attached hydrogens (primary N) is 1. The smallest absolute Gasteiger partial charge is 0.393 e. The van der Waals surface area contributed by atoms with E-state index in [0.717, 1.165) is 0 Å². The predicted molar refractivity (Wildman–Crippen MR) is 66.0 cm³/mol. The molecule has 18 heavy (non-hydrogen) atoms. The molecule has 1 fully saturated rings. The maximum absolute atomic E-state index is 12.7. The van der Waals surface area contributed by atoms with Crippen LogP contribution >= 0.6 is 12.2 Å². The van der Waals surface area contributed by atoms with Crippen LogP contribution in [0.3, 0.4) is 0 Å². The molecule has 1 rings (SSSR count). The minimum atomic E-state index is -4.50. The molecule has 2 N–H and O–H groups in total. The Kier molecular flexibility index (Phi) is 4.60. The van der Waals surface area contributed by atoms with Crippen molar-refractivity contribution in [2.24, 2.45) is 11.7 Å². The van der Waals surface area contributed by atoms with Crippen molar-refractivity contribution >= 4 is 27.0 Å². The summed E-state index contributed by atoms with van der Waals surface area (Å²) in [7, 11) is -3.14. The first-order valence-electron chi connectivity index (χ1n) is 5.33. The van der Waals surface area contributed by atoms with E-state index >= 15 is 0 Å². The summed E-state index contributed by atoms with van der Waals surface area (Å²) in [6.45, 7) is 1.29. The van der Waals surface area contributed by atoms with Crippen LogP contribution in [0.1, 0.15) is 6.92 Å². The van der Waals surface area contributed by atoms with Gasteiger partial charge in [-0.15, -0.1) is 0 Å². The molecule has 1 heterocycles. The highest BCUT2D eigenvalue weighted by Gasteiger charge is 2.44. The molecule has 2 atom stereocenters. The SMILES string of the molecule is CC1CS(=O)(=O)CCN1CC(C(N)=S)C(F)(F)F. The lowest BCUT2D eigenvalue weighted by molar-refractivity contribution is -0.160. The molecule has 0 aromatic rings. The monoisotopic (exact) mass is 304 g/mol. The lowest BCUT2D eigenvalue weighted by Crippen LogP contribution is -2.52. The molecule has 9 heteroatoms. The summed E-state index contributed by atoms with van der Waals surface area (Å²) in [5.74, 6) is -2.15. The molecule has 1 saturated heterocycles. The fraction of sp³-hybridized carbons (Fsp3) is 0.889. The number of hydrogen-bond acceptors (Lipinski definition) is 4. The van der Waals surface area contributed by atoms with Crippen LogP contribution in [-0.2, 0) is 9.84 Å². The van der Waals surface area contributed by atoms with Crippen LogP contribution in [0.15, 0.2) is 0 Å². The zero-order chi connectivity index (χ0) is 14.1. The third-order valence-corrected chi connectivity index (χ3v) is 5.04.